The van der Waals surface area contributed by atoms with Crippen LogP contribution in [0.4, 0.5) is 0 Å². The molecule has 21 heavy (non-hydrogen) atoms. The first-order valence-electron chi connectivity index (χ1n) is 6.56. The Bertz CT molecular complexity index is 556. The van der Waals surface area contributed by atoms with E-state index in [0.29, 0.717) is 5.75 Å². The molecule has 0 spiro atoms. The highest BCUT2D eigenvalue weighted by molar-refractivity contribution is 7.99. The van der Waals surface area contributed by atoms with Crippen LogP contribution in [0.3, 0.4) is 0 Å². The van der Waals surface area contributed by atoms with Gasteiger partial charge in [0, 0.05) is 18.1 Å². The van der Waals surface area contributed by atoms with Crippen LogP contribution in [-0.2, 0) is 16.1 Å². The molecule has 1 amide bonds. The Morgan fingerprint density at radius 3 is 3.05 bits per heavy atom. The molecule has 0 radical (unpaired) electrons. The predicted molar refractivity (Wildman–Crippen MR) is 87.3 cm³/mol. The summed E-state index contributed by atoms with van der Waals surface area (Å²) in [4.78, 5) is 15.8. The van der Waals surface area contributed by atoms with E-state index in [2.05, 4.69) is 10.3 Å². The summed E-state index contributed by atoms with van der Waals surface area (Å²) < 4.78 is 0. The molecule has 0 aliphatic rings. The van der Waals surface area contributed by atoms with Crippen LogP contribution in [0.15, 0.2) is 41.4 Å². The van der Waals surface area contributed by atoms with E-state index in [9.17, 15) is 9.90 Å². The summed E-state index contributed by atoms with van der Waals surface area (Å²) in [5, 5.41) is 16.9. The maximum absolute atomic E-state index is 11.8. The predicted octanol–water partition coefficient (Wildman–Crippen LogP) is 2.40. The van der Waals surface area contributed by atoms with Gasteiger partial charge in [-0.3, -0.25) is 9.78 Å². The lowest BCUT2D eigenvalue weighted by atomic mass is 9.99. The van der Waals surface area contributed by atoms with E-state index in [0.717, 1.165) is 16.9 Å². The van der Waals surface area contributed by atoms with Crippen LogP contribution < -0.4 is 5.32 Å². The summed E-state index contributed by atoms with van der Waals surface area (Å²) in [5.41, 5.74) is 0.903. The van der Waals surface area contributed by atoms with Gasteiger partial charge in [-0.15, -0.1) is 11.8 Å². The van der Waals surface area contributed by atoms with Gasteiger partial charge >= 0.3 is 0 Å². The van der Waals surface area contributed by atoms with E-state index in [1.807, 2.05) is 29.0 Å². The Morgan fingerprint density at radius 1 is 1.52 bits per heavy atom. The highest BCUT2D eigenvalue weighted by Crippen LogP contribution is 2.22. The number of aliphatic hydroxyl groups is 1. The first kappa shape index (κ1) is 16.0. The van der Waals surface area contributed by atoms with E-state index < -0.39 is 5.60 Å². The molecule has 0 aliphatic heterocycles. The van der Waals surface area contributed by atoms with Crippen molar-refractivity contribution in [3.8, 4) is 0 Å². The van der Waals surface area contributed by atoms with E-state index in [1.165, 1.54) is 23.1 Å². The minimum atomic E-state index is -1.02. The minimum absolute atomic E-state index is 0.0700. The number of rotatable bonds is 7. The number of carbonyl (C=O) groups is 1. The number of thiophene rings is 1. The van der Waals surface area contributed by atoms with Gasteiger partial charge in [0.15, 0.2) is 0 Å². The van der Waals surface area contributed by atoms with Gasteiger partial charge in [0.2, 0.25) is 5.91 Å². The van der Waals surface area contributed by atoms with Gasteiger partial charge < -0.3 is 10.4 Å². The first-order valence-corrected chi connectivity index (χ1v) is 8.66. The zero-order valence-electron chi connectivity index (χ0n) is 11.8. The Labute approximate surface area is 132 Å². The summed E-state index contributed by atoms with van der Waals surface area (Å²) >= 11 is 3.06. The lowest BCUT2D eigenvalue weighted by Gasteiger charge is -2.22. The topological polar surface area (TPSA) is 62.2 Å². The molecule has 6 heteroatoms. The van der Waals surface area contributed by atoms with Crippen molar-refractivity contribution in [1.82, 2.24) is 10.3 Å². The van der Waals surface area contributed by atoms with Gasteiger partial charge in [-0.25, -0.2) is 0 Å². The van der Waals surface area contributed by atoms with Crippen molar-refractivity contribution in [3.05, 3.63) is 52.5 Å². The van der Waals surface area contributed by atoms with Crippen LogP contribution >= 0.6 is 23.1 Å². The molecule has 0 aliphatic carbocycles. The number of amides is 1. The number of hydrogen-bond acceptors (Lipinski definition) is 5. The van der Waals surface area contributed by atoms with E-state index in [1.54, 1.807) is 19.3 Å². The monoisotopic (exact) mass is 322 g/mol. The maximum Gasteiger partial charge on any atom is 0.230 e. The Morgan fingerprint density at radius 2 is 2.38 bits per heavy atom. The van der Waals surface area contributed by atoms with Gasteiger partial charge in [-0.2, -0.15) is 11.3 Å². The zero-order chi connectivity index (χ0) is 15.1. The molecule has 1 atom stereocenters. The summed E-state index contributed by atoms with van der Waals surface area (Å²) in [6.07, 6.45) is 3.53. The molecule has 2 heterocycles. The standard InChI is InChI=1S/C15H18N2O2S2/c1-15(19,13-4-6-20-9-13)11-17-14(18)10-21-8-12-3-2-5-16-7-12/h2-7,9,19H,8,10-11H2,1H3,(H,17,18). The second-order valence-electron chi connectivity index (χ2n) is 4.92. The second kappa shape index (κ2) is 7.59. The molecule has 0 saturated heterocycles. The fourth-order valence-electron chi connectivity index (χ4n) is 1.74. The Balaban J connectivity index is 1.70. The molecule has 2 aromatic heterocycles. The van der Waals surface area contributed by atoms with Crippen LogP contribution in [0, 0.1) is 0 Å². The Hall–Kier alpha value is -1.37. The summed E-state index contributed by atoms with van der Waals surface area (Å²) in [7, 11) is 0. The molecule has 2 N–H and O–H groups in total. The first-order chi connectivity index (χ1) is 10.1. The number of pyridine rings is 1. The van der Waals surface area contributed by atoms with Crippen molar-refractivity contribution in [2.75, 3.05) is 12.3 Å². The van der Waals surface area contributed by atoms with Crippen molar-refractivity contribution in [2.45, 2.75) is 18.3 Å². The van der Waals surface area contributed by atoms with Crippen LogP contribution in [-0.4, -0.2) is 28.3 Å². The van der Waals surface area contributed by atoms with Crippen LogP contribution in [0.1, 0.15) is 18.1 Å². The van der Waals surface area contributed by atoms with Crippen molar-refractivity contribution in [2.24, 2.45) is 0 Å². The smallest absolute Gasteiger partial charge is 0.230 e. The average Bonchev–Trinajstić information content (AvgIpc) is 3.01. The summed E-state index contributed by atoms with van der Waals surface area (Å²) in [6, 6.07) is 5.74. The van der Waals surface area contributed by atoms with E-state index in [-0.39, 0.29) is 12.5 Å². The van der Waals surface area contributed by atoms with Gasteiger partial charge in [0.05, 0.1) is 12.3 Å². The number of nitrogens with one attached hydrogen (secondary N) is 1. The van der Waals surface area contributed by atoms with Crippen molar-refractivity contribution in [3.63, 3.8) is 0 Å². The molecule has 4 nitrogen and oxygen atoms in total. The Kier molecular flexibility index (Phi) is 5.78. The van der Waals surface area contributed by atoms with Gasteiger partial charge in [0.1, 0.15) is 5.60 Å². The number of carbonyl (C=O) groups excluding carboxylic acids is 1. The largest absolute Gasteiger partial charge is 0.384 e. The molecule has 2 rings (SSSR count). The average molecular weight is 322 g/mol. The molecular formula is C15H18N2O2S2. The molecule has 1 unspecified atom stereocenters. The third-order valence-corrected chi connectivity index (χ3v) is 4.68. The fraction of sp³-hybridized carbons (Fsp3) is 0.333. The van der Waals surface area contributed by atoms with Crippen LogP contribution in [0.25, 0.3) is 0 Å². The molecule has 112 valence electrons. The third kappa shape index (κ3) is 5.15. The number of aromatic nitrogens is 1. The zero-order valence-corrected chi connectivity index (χ0v) is 13.4. The summed E-state index contributed by atoms with van der Waals surface area (Å²) in [6.45, 7) is 1.92. The molecular weight excluding hydrogens is 304 g/mol. The minimum Gasteiger partial charge on any atom is -0.384 e. The van der Waals surface area contributed by atoms with Gasteiger partial charge in [0.25, 0.3) is 0 Å². The van der Waals surface area contributed by atoms with E-state index >= 15 is 0 Å². The maximum atomic E-state index is 11.8. The van der Waals surface area contributed by atoms with Gasteiger partial charge in [-0.1, -0.05) is 6.07 Å². The number of nitrogens with zero attached hydrogens (tertiary/aromatic N) is 1. The lowest BCUT2D eigenvalue weighted by Crippen LogP contribution is -2.39. The van der Waals surface area contributed by atoms with Crippen molar-refractivity contribution >= 4 is 29.0 Å². The van der Waals surface area contributed by atoms with Crippen LogP contribution in [0.2, 0.25) is 0 Å². The molecule has 0 saturated carbocycles. The molecule has 2 aromatic rings. The SMILES string of the molecule is CC(O)(CNC(=O)CSCc1cccnc1)c1ccsc1. The quantitative estimate of drug-likeness (QED) is 0.822. The third-order valence-electron chi connectivity index (χ3n) is 3.00. The molecule has 0 aromatic carbocycles. The second-order valence-corrected chi connectivity index (χ2v) is 6.68. The summed E-state index contributed by atoms with van der Waals surface area (Å²) in [5.74, 6) is 1.05. The highest BCUT2D eigenvalue weighted by atomic mass is 32.2. The van der Waals surface area contributed by atoms with Crippen molar-refractivity contribution < 1.29 is 9.90 Å². The van der Waals surface area contributed by atoms with E-state index in [4.69, 9.17) is 0 Å². The number of thioether (sulfide) groups is 1. The molecule has 0 fully saturated rings. The lowest BCUT2D eigenvalue weighted by molar-refractivity contribution is -0.119. The number of hydrogen-bond donors (Lipinski definition) is 2. The fourth-order valence-corrected chi connectivity index (χ4v) is 3.32. The van der Waals surface area contributed by atoms with Crippen molar-refractivity contribution in [1.29, 1.82) is 0 Å². The van der Waals surface area contributed by atoms with Crippen LogP contribution in [0.5, 0.6) is 0 Å². The highest BCUT2D eigenvalue weighted by Gasteiger charge is 2.23. The normalized spacial score (nSPS) is 13.6. The molecule has 0 bridgehead atoms. The van der Waals surface area contributed by atoms with Gasteiger partial charge in [-0.05, 0) is 40.9 Å².